The van der Waals surface area contributed by atoms with Gasteiger partial charge in [-0.2, -0.15) is 5.26 Å². The van der Waals surface area contributed by atoms with Crippen molar-refractivity contribution in [1.82, 2.24) is 0 Å². The third-order valence-electron chi connectivity index (χ3n) is 2.53. The highest BCUT2D eigenvalue weighted by Crippen LogP contribution is 2.27. The minimum Gasteiger partial charge on any atom is -0.483 e. The van der Waals surface area contributed by atoms with Crippen molar-refractivity contribution in [3.8, 4) is 11.8 Å². The second-order valence-electron chi connectivity index (χ2n) is 4.10. The zero-order valence-electron chi connectivity index (χ0n) is 10.8. The topological polar surface area (TPSA) is 62.1 Å². The Morgan fingerprint density at radius 2 is 2.14 bits per heavy atom. The van der Waals surface area contributed by atoms with Gasteiger partial charge in [0.1, 0.15) is 5.75 Å². The van der Waals surface area contributed by atoms with E-state index in [0.29, 0.717) is 26.5 Å². The van der Waals surface area contributed by atoms with Crippen molar-refractivity contribution < 1.29 is 9.53 Å². The number of rotatable bonds is 4. The summed E-state index contributed by atoms with van der Waals surface area (Å²) in [5.41, 5.74) is 1.03. The normalized spacial score (nSPS) is 9.76. The molecular weight excluding hydrogens is 356 g/mol. The molecule has 2 aromatic carbocycles. The summed E-state index contributed by atoms with van der Waals surface area (Å²) in [6.45, 7) is -0.142. The van der Waals surface area contributed by atoms with Crippen molar-refractivity contribution in [1.29, 1.82) is 5.26 Å². The minimum absolute atomic E-state index is 0.142. The summed E-state index contributed by atoms with van der Waals surface area (Å²) < 4.78 is 6.08. The first-order chi connectivity index (χ1) is 10.1. The molecule has 0 heterocycles. The molecule has 0 aliphatic rings. The Morgan fingerprint density at radius 1 is 1.33 bits per heavy atom. The van der Waals surface area contributed by atoms with Gasteiger partial charge >= 0.3 is 0 Å². The molecular formula is C15H10BrClN2O2. The van der Waals surface area contributed by atoms with Gasteiger partial charge in [-0.25, -0.2) is 0 Å². The molecule has 21 heavy (non-hydrogen) atoms. The fraction of sp³-hybridized carbons (Fsp3) is 0.0667. The van der Waals surface area contributed by atoms with Crippen LogP contribution in [0.25, 0.3) is 0 Å². The number of amides is 1. The molecule has 0 aromatic heterocycles. The second-order valence-corrected chi connectivity index (χ2v) is 5.39. The highest BCUT2D eigenvalue weighted by atomic mass is 79.9. The maximum Gasteiger partial charge on any atom is 0.262 e. The lowest BCUT2D eigenvalue weighted by atomic mass is 10.2. The fourth-order valence-corrected chi connectivity index (χ4v) is 2.40. The SMILES string of the molecule is N#Cc1cccc(NC(=O)COc2ccc(Cl)cc2Br)c1. The van der Waals surface area contributed by atoms with Crippen molar-refractivity contribution in [2.75, 3.05) is 11.9 Å². The van der Waals surface area contributed by atoms with Crippen LogP contribution in [0.3, 0.4) is 0 Å². The van der Waals surface area contributed by atoms with Crippen LogP contribution in [0, 0.1) is 11.3 Å². The molecule has 0 radical (unpaired) electrons. The quantitative estimate of drug-likeness (QED) is 0.891. The Kier molecular flexibility index (Phi) is 5.20. The van der Waals surface area contributed by atoms with E-state index in [2.05, 4.69) is 21.2 Å². The van der Waals surface area contributed by atoms with Crippen LogP contribution in [-0.4, -0.2) is 12.5 Å². The standard InChI is InChI=1S/C15H10BrClN2O2/c16-13-7-11(17)4-5-14(13)21-9-15(20)19-12-3-1-2-10(6-12)8-18/h1-7H,9H2,(H,19,20). The average molecular weight is 366 g/mol. The third-order valence-corrected chi connectivity index (χ3v) is 3.38. The molecule has 0 aliphatic heterocycles. The van der Waals surface area contributed by atoms with Crippen LogP contribution in [0.2, 0.25) is 5.02 Å². The van der Waals surface area contributed by atoms with E-state index in [1.54, 1.807) is 42.5 Å². The van der Waals surface area contributed by atoms with Crippen LogP contribution in [0.1, 0.15) is 5.56 Å². The molecule has 2 aromatic rings. The first kappa shape index (κ1) is 15.4. The molecule has 0 saturated heterocycles. The first-order valence-electron chi connectivity index (χ1n) is 5.96. The lowest BCUT2D eigenvalue weighted by Gasteiger charge is -2.09. The van der Waals surface area contributed by atoms with Gasteiger partial charge in [-0.3, -0.25) is 4.79 Å². The van der Waals surface area contributed by atoms with Crippen LogP contribution >= 0.6 is 27.5 Å². The third kappa shape index (κ3) is 4.48. The maximum absolute atomic E-state index is 11.8. The zero-order valence-corrected chi connectivity index (χ0v) is 13.1. The monoisotopic (exact) mass is 364 g/mol. The summed E-state index contributed by atoms with van der Waals surface area (Å²) in [6, 6.07) is 13.7. The molecule has 0 spiro atoms. The number of carbonyl (C=O) groups is 1. The molecule has 0 atom stereocenters. The van der Waals surface area contributed by atoms with E-state index >= 15 is 0 Å². The summed E-state index contributed by atoms with van der Waals surface area (Å²) in [4.78, 5) is 11.8. The number of hydrogen-bond acceptors (Lipinski definition) is 3. The molecule has 0 bridgehead atoms. The van der Waals surface area contributed by atoms with Crippen LogP contribution in [-0.2, 0) is 4.79 Å². The van der Waals surface area contributed by atoms with Crippen LogP contribution in [0.15, 0.2) is 46.9 Å². The maximum atomic E-state index is 11.8. The van der Waals surface area contributed by atoms with Crippen molar-refractivity contribution in [2.45, 2.75) is 0 Å². The number of halogens is 2. The number of hydrogen-bond donors (Lipinski definition) is 1. The predicted molar refractivity (Wildman–Crippen MR) is 84.4 cm³/mol. The van der Waals surface area contributed by atoms with Crippen LogP contribution < -0.4 is 10.1 Å². The number of anilines is 1. The van der Waals surface area contributed by atoms with Gasteiger partial charge < -0.3 is 10.1 Å². The van der Waals surface area contributed by atoms with E-state index < -0.39 is 0 Å². The molecule has 0 aliphatic carbocycles. The van der Waals surface area contributed by atoms with Gasteiger partial charge in [0.2, 0.25) is 0 Å². The Morgan fingerprint density at radius 3 is 2.86 bits per heavy atom. The summed E-state index contributed by atoms with van der Waals surface area (Å²) in [5.74, 6) is 0.215. The van der Waals surface area contributed by atoms with Gasteiger partial charge in [0, 0.05) is 10.7 Å². The van der Waals surface area contributed by atoms with Crippen molar-refractivity contribution in [3.05, 3.63) is 57.5 Å². The summed E-state index contributed by atoms with van der Waals surface area (Å²) >= 11 is 9.13. The average Bonchev–Trinajstić information content (AvgIpc) is 2.46. The highest BCUT2D eigenvalue weighted by molar-refractivity contribution is 9.10. The van der Waals surface area contributed by atoms with Gasteiger partial charge in [0.25, 0.3) is 5.91 Å². The second kappa shape index (κ2) is 7.11. The smallest absolute Gasteiger partial charge is 0.262 e. The van der Waals surface area contributed by atoms with Gasteiger partial charge in [0.15, 0.2) is 6.61 Å². The van der Waals surface area contributed by atoms with Crippen molar-refractivity contribution in [2.24, 2.45) is 0 Å². The van der Waals surface area contributed by atoms with Crippen molar-refractivity contribution in [3.63, 3.8) is 0 Å². The Labute approximate surface area is 135 Å². The molecule has 4 nitrogen and oxygen atoms in total. The number of ether oxygens (including phenoxy) is 1. The fourth-order valence-electron chi connectivity index (χ4n) is 1.60. The van der Waals surface area contributed by atoms with E-state index in [-0.39, 0.29) is 12.5 Å². The number of nitrogens with zero attached hydrogens (tertiary/aromatic N) is 1. The van der Waals surface area contributed by atoms with Gasteiger partial charge in [-0.1, -0.05) is 17.7 Å². The highest BCUT2D eigenvalue weighted by Gasteiger charge is 2.07. The van der Waals surface area contributed by atoms with Gasteiger partial charge in [0.05, 0.1) is 16.1 Å². The molecule has 6 heteroatoms. The van der Waals surface area contributed by atoms with E-state index in [1.165, 1.54) is 0 Å². The molecule has 106 valence electrons. The first-order valence-corrected chi connectivity index (χ1v) is 7.13. The number of nitriles is 1. The van der Waals surface area contributed by atoms with Gasteiger partial charge in [-0.15, -0.1) is 0 Å². The molecule has 0 saturated carbocycles. The Bertz CT molecular complexity index is 713. The molecule has 2 rings (SSSR count). The number of nitrogens with one attached hydrogen (secondary N) is 1. The Hall–Kier alpha value is -2.03. The number of carbonyl (C=O) groups excluding carboxylic acids is 1. The molecule has 1 N–H and O–H groups in total. The van der Waals surface area contributed by atoms with E-state index in [4.69, 9.17) is 21.6 Å². The summed E-state index contributed by atoms with van der Waals surface area (Å²) in [7, 11) is 0. The minimum atomic E-state index is -0.313. The summed E-state index contributed by atoms with van der Waals surface area (Å²) in [5, 5.41) is 12.0. The number of benzene rings is 2. The largest absolute Gasteiger partial charge is 0.483 e. The van der Waals surface area contributed by atoms with E-state index in [9.17, 15) is 4.79 Å². The zero-order chi connectivity index (χ0) is 15.2. The van der Waals surface area contributed by atoms with Gasteiger partial charge in [-0.05, 0) is 52.3 Å². The van der Waals surface area contributed by atoms with Crippen LogP contribution in [0.4, 0.5) is 5.69 Å². The molecule has 1 amide bonds. The van der Waals surface area contributed by atoms with Crippen LogP contribution in [0.5, 0.6) is 5.75 Å². The van der Waals surface area contributed by atoms with E-state index in [1.807, 2.05) is 6.07 Å². The predicted octanol–water partition coefficient (Wildman–Crippen LogP) is 3.99. The van der Waals surface area contributed by atoms with E-state index in [0.717, 1.165) is 0 Å². The molecule has 0 fully saturated rings. The molecule has 0 unspecified atom stereocenters. The lowest BCUT2D eigenvalue weighted by Crippen LogP contribution is -2.20. The van der Waals surface area contributed by atoms with Crippen molar-refractivity contribution >= 4 is 39.1 Å². The lowest BCUT2D eigenvalue weighted by molar-refractivity contribution is -0.118. The summed E-state index contributed by atoms with van der Waals surface area (Å²) in [6.07, 6.45) is 0. The Balaban J connectivity index is 1.94.